The van der Waals surface area contributed by atoms with Crippen LogP contribution < -0.4 is 5.32 Å². The molecular weight excluding hydrogens is 194 g/mol. The summed E-state index contributed by atoms with van der Waals surface area (Å²) < 4.78 is 0. The van der Waals surface area contributed by atoms with Crippen LogP contribution >= 0.6 is 0 Å². The number of allylic oxidation sites excluding steroid dienone is 1. The molecule has 0 fully saturated rings. The first-order chi connectivity index (χ1) is 7.85. The molecule has 1 nitrogen and oxygen atoms in total. The molecule has 1 aromatic rings. The van der Waals surface area contributed by atoms with Crippen LogP contribution in [0.4, 0.5) is 5.69 Å². The molecule has 2 rings (SSSR count). The first-order valence-electron chi connectivity index (χ1n) is 5.91. The van der Waals surface area contributed by atoms with Gasteiger partial charge in [0.2, 0.25) is 0 Å². The molecule has 16 heavy (non-hydrogen) atoms. The molecule has 1 heteroatoms. The van der Waals surface area contributed by atoms with E-state index in [1.54, 1.807) is 0 Å². The molecule has 1 N–H and O–H groups in total. The van der Waals surface area contributed by atoms with E-state index in [2.05, 4.69) is 42.7 Å². The number of rotatable bonds is 4. The second kappa shape index (κ2) is 5.02. The normalized spacial score (nSPS) is 23.0. The Kier molecular flexibility index (Phi) is 3.45. The number of fused-ring (bicyclic) bond motifs is 1. The summed E-state index contributed by atoms with van der Waals surface area (Å²) in [5.74, 6) is 0.644. The van der Waals surface area contributed by atoms with Crippen molar-refractivity contribution < 1.29 is 0 Å². The van der Waals surface area contributed by atoms with Crippen molar-refractivity contribution in [1.82, 2.24) is 0 Å². The summed E-state index contributed by atoms with van der Waals surface area (Å²) in [6.07, 6.45) is 7.26. The van der Waals surface area contributed by atoms with Crippen LogP contribution in [0.1, 0.15) is 18.4 Å². The number of para-hydroxylation sites is 1. The quantitative estimate of drug-likeness (QED) is 0.750. The molecular formula is C15H19N. The summed E-state index contributed by atoms with van der Waals surface area (Å²) in [5.41, 5.74) is 2.71. The molecule has 0 spiro atoms. The molecule has 1 aliphatic heterocycles. The van der Waals surface area contributed by atoms with Crippen LogP contribution in [-0.4, -0.2) is 6.04 Å². The predicted molar refractivity (Wildman–Crippen MR) is 70.7 cm³/mol. The minimum Gasteiger partial charge on any atom is -0.381 e. The van der Waals surface area contributed by atoms with Crippen molar-refractivity contribution in [2.45, 2.75) is 25.3 Å². The average Bonchev–Trinajstić information content (AvgIpc) is 2.30. The minimum atomic E-state index is 0.505. The predicted octanol–water partition coefficient (Wildman–Crippen LogP) is 3.79. The number of nitrogens with one attached hydrogen (secondary N) is 1. The molecule has 1 aliphatic rings. The highest BCUT2D eigenvalue weighted by atomic mass is 14.9. The van der Waals surface area contributed by atoms with Gasteiger partial charge in [0.1, 0.15) is 0 Å². The lowest BCUT2D eigenvalue weighted by Gasteiger charge is -2.33. The van der Waals surface area contributed by atoms with Gasteiger partial charge in [0.05, 0.1) is 0 Å². The Bertz CT molecular complexity index is 344. The van der Waals surface area contributed by atoms with Gasteiger partial charge >= 0.3 is 0 Å². The van der Waals surface area contributed by atoms with E-state index in [0.29, 0.717) is 12.0 Å². The summed E-state index contributed by atoms with van der Waals surface area (Å²) in [7, 11) is 0. The summed E-state index contributed by atoms with van der Waals surface area (Å²) >= 11 is 0. The zero-order valence-corrected chi connectivity index (χ0v) is 9.65. The summed E-state index contributed by atoms with van der Waals surface area (Å²) in [6, 6.07) is 9.08. The topological polar surface area (TPSA) is 12.0 Å². The molecule has 1 aromatic carbocycles. The lowest BCUT2D eigenvalue weighted by Crippen LogP contribution is -2.34. The van der Waals surface area contributed by atoms with Crippen molar-refractivity contribution in [3.63, 3.8) is 0 Å². The third-order valence-corrected chi connectivity index (χ3v) is 3.30. The molecule has 0 saturated heterocycles. The van der Waals surface area contributed by atoms with Gasteiger partial charge in [-0.1, -0.05) is 30.4 Å². The average molecular weight is 213 g/mol. The van der Waals surface area contributed by atoms with Gasteiger partial charge in [-0.15, -0.1) is 13.2 Å². The Morgan fingerprint density at radius 1 is 1.19 bits per heavy atom. The fourth-order valence-electron chi connectivity index (χ4n) is 2.47. The Hall–Kier alpha value is -1.50. The van der Waals surface area contributed by atoms with Crippen molar-refractivity contribution in [3.8, 4) is 0 Å². The summed E-state index contributed by atoms with van der Waals surface area (Å²) in [5, 5.41) is 3.61. The zero-order chi connectivity index (χ0) is 11.4. The van der Waals surface area contributed by atoms with Crippen LogP contribution in [0.5, 0.6) is 0 Å². The van der Waals surface area contributed by atoms with Crippen molar-refractivity contribution in [2.75, 3.05) is 5.32 Å². The van der Waals surface area contributed by atoms with Crippen LogP contribution in [0.15, 0.2) is 49.6 Å². The van der Waals surface area contributed by atoms with E-state index in [9.17, 15) is 0 Å². The van der Waals surface area contributed by atoms with Gasteiger partial charge in [0.15, 0.2) is 0 Å². The Balaban J connectivity index is 2.21. The van der Waals surface area contributed by atoms with Crippen molar-refractivity contribution in [1.29, 1.82) is 0 Å². The number of benzene rings is 1. The second-order valence-corrected chi connectivity index (χ2v) is 4.42. The van der Waals surface area contributed by atoms with Crippen LogP contribution in [0, 0.1) is 5.92 Å². The Morgan fingerprint density at radius 2 is 1.94 bits per heavy atom. The molecule has 2 atom stereocenters. The van der Waals surface area contributed by atoms with E-state index < -0.39 is 0 Å². The third kappa shape index (κ3) is 2.19. The van der Waals surface area contributed by atoms with Gasteiger partial charge in [-0.2, -0.15) is 0 Å². The molecule has 0 aliphatic carbocycles. The SMILES string of the molecule is C=CCC1Cc2ccccc2NC1CC=C. The molecule has 84 valence electrons. The number of hydrogen-bond donors (Lipinski definition) is 1. The molecule has 1 heterocycles. The molecule has 0 aromatic heterocycles. The van der Waals surface area contributed by atoms with Crippen molar-refractivity contribution in [3.05, 3.63) is 55.1 Å². The molecule has 0 amide bonds. The van der Waals surface area contributed by atoms with Gasteiger partial charge in [0.25, 0.3) is 0 Å². The Labute approximate surface area is 97.9 Å². The van der Waals surface area contributed by atoms with E-state index >= 15 is 0 Å². The van der Waals surface area contributed by atoms with E-state index in [0.717, 1.165) is 19.3 Å². The maximum absolute atomic E-state index is 3.85. The maximum Gasteiger partial charge on any atom is 0.0375 e. The lowest BCUT2D eigenvalue weighted by atomic mass is 9.83. The van der Waals surface area contributed by atoms with Gasteiger partial charge in [-0.05, 0) is 36.8 Å². The fourth-order valence-corrected chi connectivity index (χ4v) is 2.47. The van der Waals surface area contributed by atoms with Crippen molar-refractivity contribution in [2.24, 2.45) is 5.92 Å². The lowest BCUT2D eigenvalue weighted by molar-refractivity contribution is 0.433. The zero-order valence-electron chi connectivity index (χ0n) is 9.65. The largest absolute Gasteiger partial charge is 0.381 e. The maximum atomic E-state index is 3.85. The summed E-state index contributed by atoms with van der Waals surface area (Å²) in [4.78, 5) is 0. The smallest absolute Gasteiger partial charge is 0.0375 e. The number of anilines is 1. The van der Waals surface area contributed by atoms with Crippen LogP contribution in [0.2, 0.25) is 0 Å². The minimum absolute atomic E-state index is 0.505. The van der Waals surface area contributed by atoms with E-state index in [1.165, 1.54) is 11.3 Å². The molecule has 2 unspecified atom stereocenters. The van der Waals surface area contributed by atoms with Crippen molar-refractivity contribution >= 4 is 5.69 Å². The monoisotopic (exact) mass is 213 g/mol. The van der Waals surface area contributed by atoms with Gasteiger partial charge in [-0.3, -0.25) is 0 Å². The van der Waals surface area contributed by atoms with Crippen LogP contribution in [0.25, 0.3) is 0 Å². The highest BCUT2D eigenvalue weighted by Crippen LogP contribution is 2.31. The molecule has 0 radical (unpaired) electrons. The number of hydrogen-bond acceptors (Lipinski definition) is 1. The van der Waals surface area contributed by atoms with Crippen LogP contribution in [0.3, 0.4) is 0 Å². The third-order valence-electron chi connectivity index (χ3n) is 3.30. The molecule has 0 bridgehead atoms. The van der Waals surface area contributed by atoms with E-state index in [-0.39, 0.29) is 0 Å². The first kappa shape index (κ1) is 11.0. The highest BCUT2D eigenvalue weighted by Gasteiger charge is 2.25. The van der Waals surface area contributed by atoms with E-state index in [1.807, 2.05) is 12.2 Å². The molecule has 0 saturated carbocycles. The van der Waals surface area contributed by atoms with E-state index in [4.69, 9.17) is 0 Å². The van der Waals surface area contributed by atoms with Gasteiger partial charge in [-0.25, -0.2) is 0 Å². The standard InChI is InChI=1S/C15H19N/c1-3-7-12-11-13-9-5-6-10-15(13)16-14(12)8-4-2/h3-6,9-10,12,14,16H,1-2,7-8,11H2. The Morgan fingerprint density at radius 3 is 2.69 bits per heavy atom. The van der Waals surface area contributed by atoms with Gasteiger partial charge in [0, 0.05) is 11.7 Å². The summed E-state index contributed by atoms with van der Waals surface area (Å²) in [6.45, 7) is 7.69. The first-order valence-corrected chi connectivity index (χ1v) is 5.91. The second-order valence-electron chi connectivity index (χ2n) is 4.42. The highest BCUT2D eigenvalue weighted by molar-refractivity contribution is 5.54. The van der Waals surface area contributed by atoms with Gasteiger partial charge < -0.3 is 5.32 Å². The fraction of sp³-hybridized carbons (Fsp3) is 0.333. The van der Waals surface area contributed by atoms with Crippen LogP contribution in [-0.2, 0) is 6.42 Å².